The van der Waals surface area contributed by atoms with Gasteiger partial charge < -0.3 is 15.2 Å². The first-order valence-corrected chi connectivity index (χ1v) is 7.61. The van der Waals surface area contributed by atoms with E-state index in [9.17, 15) is 5.11 Å². The first-order valence-electron chi connectivity index (χ1n) is 6.45. The number of ether oxygens (including phenoxy) is 1. The van der Waals surface area contributed by atoms with E-state index >= 15 is 0 Å². The van der Waals surface area contributed by atoms with Gasteiger partial charge in [-0.1, -0.05) is 12.8 Å². The number of thioether (sulfide) groups is 1. The summed E-state index contributed by atoms with van der Waals surface area (Å²) in [6, 6.07) is 0.603. The summed E-state index contributed by atoms with van der Waals surface area (Å²) in [5, 5.41) is 13.2. The maximum Gasteiger partial charge on any atom is 0.0897 e. The largest absolute Gasteiger partial charge is 0.389 e. The van der Waals surface area contributed by atoms with Crippen LogP contribution in [0.15, 0.2) is 0 Å². The molecule has 0 aromatic rings. The second kappa shape index (κ2) is 6.84. The van der Waals surface area contributed by atoms with Gasteiger partial charge in [-0.3, -0.25) is 0 Å². The lowest BCUT2D eigenvalue weighted by atomic mass is 10.2. The molecule has 4 heteroatoms. The smallest absolute Gasteiger partial charge is 0.0897 e. The van der Waals surface area contributed by atoms with Gasteiger partial charge in [0.05, 0.1) is 18.8 Å². The highest BCUT2D eigenvalue weighted by molar-refractivity contribution is 7.99. The molecule has 2 rings (SSSR count). The monoisotopic (exact) mass is 245 g/mol. The zero-order valence-electron chi connectivity index (χ0n) is 9.86. The second-order valence-electron chi connectivity index (χ2n) is 4.86. The Morgan fingerprint density at radius 1 is 1.31 bits per heavy atom. The summed E-state index contributed by atoms with van der Waals surface area (Å²) in [6.07, 6.45) is 6.25. The molecule has 3 nitrogen and oxygen atoms in total. The average molecular weight is 245 g/mol. The van der Waals surface area contributed by atoms with Crippen molar-refractivity contribution in [1.29, 1.82) is 0 Å². The van der Waals surface area contributed by atoms with Crippen LogP contribution in [0.3, 0.4) is 0 Å². The molecule has 0 aromatic heterocycles. The molecule has 2 atom stereocenters. The van der Waals surface area contributed by atoms with E-state index in [1.54, 1.807) is 0 Å². The Hall–Kier alpha value is 0.230. The Bertz CT molecular complexity index is 171. The zero-order chi connectivity index (χ0) is 11.2. The van der Waals surface area contributed by atoms with Gasteiger partial charge in [-0.15, -0.1) is 0 Å². The topological polar surface area (TPSA) is 41.5 Å². The lowest BCUT2D eigenvalue weighted by molar-refractivity contribution is -0.00601. The van der Waals surface area contributed by atoms with Gasteiger partial charge in [-0.25, -0.2) is 0 Å². The molecular weight excluding hydrogens is 222 g/mol. The third-order valence-electron chi connectivity index (χ3n) is 3.40. The fourth-order valence-electron chi connectivity index (χ4n) is 2.36. The molecule has 0 radical (unpaired) electrons. The summed E-state index contributed by atoms with van der Waals surface area (Å²) < 4.78 is 5.68. The van der Waals surface area contributed by atoms with Crippen molar-refractivity contribution in [2.45, 2.75) is 50.4 Å². The minimum absolute atomic E-state index is 0.341. The molecule has 1 aliphatic heterocycles. The van der Waals surface area contributed by atoms with Crippen molar-refractivity contribution in [1.82, 2.24) is 5.32 Å². The van der Waals surface area contributed by atoms with E-state index in [2.05, 4.69) is 5.32 Å². The van der Waals surface area contributed by atoms with E-state index in [1.807, 2.05) is 11.8 Å². The van der Waals surface area contributed by atoms with Crippen molar-refractivity contribution >= 4 is 11.8 Å². The molecule has 2 unspecified atom stereocenters. The van der Waals surface area contributed by atoms with Gasteiger partial charge in [0.1, 0.15) is 0 Å². The molecule has 0 amide bonds. The first-order chi connectivity index (χ1) is 7.84. The minimum Gasteiger partial charge on any atom is -0.389 e. The number of hydrogen-bond acceptors (Lipinski definition) is 4. The van der Waals surface area contributed by atoms with Crippen molar-refractivity contribution in [2.24, 2.45) is 0 Å². The van der Waals surface area contributed by atoms with Crippen LogP contribution in [0, 0.1) is 0 Å². The maximum atomic E-state index is 9.78. The minimum atomic E-state index is -0.341. The van der Waals surface area contributed by atoms with Gasteiger partial charge in [0.2, 0.25) is 0 Å². The predicted molar refractivity (Wildman–Crippen MR) is 67.9 cm³/mol. The molecule has 1 heterocycles. The van der Waals surface area contributed by atoms with Crippen LogP contribution in [0.5, 0.6) is 0 Å². The molecule has 0 aromatic carbocycles. The zero-order valence-corrected chi connectivity index (χ0v) is 10.7. The number of aliphatic hydroxyl groups is 1. The van der Waals surface area contributed by atoms with E-state index in [4.69, 9.17) is 4.74 Å². The third-order valence-corrected chi connectivity index (χ3v) is 4.56. The standard InChI is InChI=1S/C12H23NO2S/c14-11(7-13-10-5-6-16-9-10)8-15-12-3-1-2-4-12/h10-14H,1-9H2. The lowest BCUT2D eigenvalue weighted by Crippen LogP contribution is -2.37. The molecule has 0 bridgehead atoms. The van der Waals surface area contributed by atoms with E-state index in [0.717, 1.165) is 0 Å². The van der Waals surface area contributed by atoms with Crippen LogP contribution in [0.1, 0.15) is 32.1 Å². The number of rotatable bonds is 6. The number of nitrogens with one attached hydrogen (secondary N) is 1. The molecule has 94 valence electrons. The van der Waals surface area contributed by atoms with Gasteiger partial charge in [0.15, 0.2) is 0 Å². The molecule has 16 heavy (non-hydrogen) atoms. The predicted octanol–water partition coefficient (Wildman–Crippen LogP) is 1.40. The van der Waals surface area contributed by atoms with Crippen molar-refractivity contribution < 1.29 is 9.84 Å². The molecule has 2 fully saturated rings. The summed E-state index contributed by atoms with van der Waals surface area (Å²) in [5.41, 5.74) is 0. The SMILES string of the molecule is OC(CNC1CCSC1)COC1CCCC1. The third kappa shape index (κ3) is 4.24. The Morgan fingerprint density at radius 2 is 2.12 bits per heavy atom. The van der Waals surface area contributed by atoms with Gasteiger partial charge in [0, 0.05) is 18.3 Å². The van der Waals surface area contributed by atoms with Gasteiger partial charge >= 0.3 is 0 Å². The normalized spacial score (nSPS) is 28.7. The molecular formula is C12H23NO2S. The Morgan fingerprint density at radius 3 is 2.81 bits per heavy atom. The fraction of sp³-hybridized carbons (Fsp3) is 1.00. The summed E-state index contributed by atoms with van der Waals surface area (Å²) in [7, 11) is 0. The van der Waals surface area contributed by atoms with Gasteiger partial charge in [-0.2, -0.15) is 11.8 Å². The Labute approximate surface area is 102 Å². The van der Waals surface area contributed by atoms with Crippen molar-refractivity contribution in [3.05, 3.63) is 0 Å². The van der Waals surface area contributed by atoms with E-state index in [-0.39, 0.29) is 6.10 Å². The van der Waals surface area contributed by atoms with E-state index in [1.165, 1.54) is 43.6 Å². The van der Waals surface area contributed by atoms with Crippen LogP contribution in [0.25, 0.3) is 0 Å². The Kier molecular flexibility index (Phi) is 5.42. The highest BCUT2D eigenvalue weighted by Crippen LogP contribution is 2.21. The Balaban J connectivity index is 1.51. The van der Waals surface area contributed by atoms with Gasteiger partial charge in [-0.05, 0) is 25.0 Å². The average Bonchev–Trinajstić information content (AvgIpc) is 2.96. The highest BCUT2D eigenvalue weighted by Gasteiger charge is 2.18. The maximum absolute atomic E-state index is 9.78. The number of aliphatic hydroxyl groups excluding tert-OH is 1. The number of hydrogen-bond donors (Lipinski definition) is 2. The van der Waals surface area contributed by atoms with Crippen molar-refractivity contribution in [3.63, 3.8) is 0 Å². The lowest BCUT2D eigenvalue weighted by Gasteiger charge is -2.18. The fourth-order valence-corrected chi connectivity index (χ4v) is 3.55. The van der Waals surface area contributed by atoms with Crippen molar-refractivity contribution in [2.75, 3.05) is 24.7 Å². The van der Waals surface area contributed by atoms with Gasteiger partial charge in [0.25, 0.3) is 0 Å². The highest BCUT2D eigenvalue weighted by atomic mass is 32.2. The van der Waals surface area contributed by atoms with Crippen molar-refractivity contribution in [3.8, 4) is 0 Å². The molecule has 2 aliphatic rings. The summed E-state index contributed by atoms with van der Waals surface area (Å²) in [4.78, 5) is 0. The molecule has 1 aliphatic carbocycles. The van der Waals surface area contributed by atoms with Crippen LogP contribution in [-0.4, -0.2) is 48.0 Å². The molecule has 1 saturated carbocycles. The summed E-state index contributed by atoms with van der Waals surface area (Å²) in [5.74, 6) is 2.45. The van der Waals surface area contributed by atoms with Crippen LogP contribution >= 0.6 is 11.8 Å². The first kappa shape index (κ1) is 12.7. The van der Waals surface area contributed by atoms with Crippen LogP contribution < -0.4 is 5.32 Å². The van der Waals surface area contributed by atoms with E-state index in [0.29, 0.717) is 25.3 Å². The second-order valence-corrected chi connectivity index (χ2v) is 6.01. The van der Waals surface area contributed by atoms with E-state index < -0.39 is 0 Å². The summed E-state index contributed by atoms with van der Waals surface area (Å²) >= 11 is 1.99. The quantitative estimate of drug-likeness (QED) is 0.742. The van der Waals surface area contributed by atoms with Crippen LogP contribution in [0.4, 0.5) is 0 Å². The van der Waals surface area contributed by atoms with Crippen LogP contribution in [-0.2, 0) is 4.74 Å². The summed E-state index contributed by atoms with van der Waals surface area (Å²) in [6.45, 7) is 1.18. The molecule has 2 N–H and O–H groups in total. The van der Waals surface area contributed by atoms with Crippen LogP contribution in [0.2, 0.25) is 0 Å². The molecule has 0 spiro atoms. The molecule has 1 saturated heterocycles.